The zero-order valence-corrected chi connectivity index (χ0v) is 19.1. The number of hydrogen-bond donors (Lipinski definition) is 1. The number of amides is 1. The van der Waals surface area contributed by atoms with E-state index in [1.54, 1.807) is 20.3 Å². The Morgan fingerprint density at radius 1 is 1.03 bits per heavy atom. The second-order valence-corrected chi connectivity index (χ2v) is 7.74. The molecular formula is C24H27N3O6. The van der Waals surface area contributed by atoms with E-state index >= 15 is 0 Å². The van der Waals surface area contributed by atoms with Gasteiger partial charge in [-0.3, -0.25) is 4.79 Å². The van der Waals surface area contributed by atoms with Gasteiger partial charge in [0.1, 0.15) is 13.2 Å². The first-order valence-corrected chi connectivity index (χ1v) is 10.5. The highest BCUT2D eigenvalue weighted by atomic mass is 16.6. The molecule has 3 aromatic rings. The highest BCUT2D eigenvalue weighted by molar-refractivity contribution is 5.93. The van der Waals surface area contributed by atoms with Crippen LogP contribution < -0.4 is 24.3 Å². The number of likely N-dealkylation sites (N-methyl/N-ethyl adjacent to an activating group) is 1. The topological polar surface area (TPSA) is 95.3 Å². The molecule has 0 spiro atoms. The fraction of sp³-hybridized carbons (Fsp3) is 0.333. The molecule has 9 nitrogen and oxygen atoms in total. The normalized spacial score (nSPS) is 13.5. The van der Waals surface area contributed by atoms with Crippen LogP contribution in [0.4, 0.5) is 0 Å². The average molecular weight is 453 g/mol. The second-order valence-electron chi connectivity index (χ2n) is 7.74. The molecule has 0 bridgehead atoms. The first-order chi connectivity index (χ1) is 16.0. The van der Waals surface area contributed by atoms with Crippen LogP contribution in [-0.4, -0.2) is 64.0 Å². The number of nitrogens with zero attached hydrogens (tertiary/aromatic N) is 2. The molecule has 0 aliphatic carbocycles. The number of ether oxygens (including phenoxy) is 4. The standard InChI is InChI=1S/C24H27N3O6/c1-27(2)18(15-5-7-19(29-3)22(11-15)30-4)14-25-24(28)17-13-21(33-26-17)16-6-8-20-23(12-16)32-10-9-31-20/h5-8,11-13,18H,9-10,14H2,1-4H3,(H,25,28)/t18-/m1/s1. The van der Waals surface area contributed by atoms with E-state index < -0.39 is 0 Å². The summed E-state index contributed by atoms with van der Waals surface area (Å²) in [6.45, 7) is 1.39. The van der Waals surface area contributed by atoms with Gasteiger partial charge in [-0.1, -0.05) is 11.2 Å². The third-order valence-corrected chi connectivity index (χ3v) is 5.44. The molecule has 0 radical (unpaired) electrons. The molecule has 0 unspecified atom stereocenters. The van der Waals surface area contributed by atoms with E-state index in [1.165, 1.54) is 0 Å². The Labute approximate surface area is 192 Å². The molecule has 33 heavy (non-hydrogen) atoms. The summed E-state index contributed by atoms with van der Waals surface area (Å²) in [5.41, 5.74) is 1.93. The van der Waals surface area contributed by atoms with E-state index in [4.69, 9.17) is 23.5 Å². The summed E-state index contributed by atoms with van der Waals surface area (Å²) < 4.78 is 27.3. The molecule has 4 rings (SSSR count). The van der Waals surface area contributed by atoms with Crippen molar-refractivity contribution in [2.75, 3.05) is 48.1 Å². The van der Waals surface area contributed by atoms with Crippen molar-refractivity contribution < 1.29 is 28.3 Å². The van der Waals surface area contributed by atoms with Gasteiger partial charge in [-0.25, -0.2) is 0 Å². The van der Waals surface area contributed by atoms with Gasteiger partial charge in [0.05, 0.1) is 20.3 Å². The number of nitrogens with one attached hydrogen (secondary N) is 1. The number of aromatic nitrogens is 1. The van der Waals surface area contributed by atoms with Crippen molar-refractivity contribution in [2.24, 2.45) is 0 Å². The lowest BCUT2D eigenvalue weighted by atomic mass is 10.0. The van der Waals surface area contributed by atoms with Gasteiger partial charge in [-0.15, -0.1) is 0 Å². The van der Waals surface area contributed by atoms with Gasteiger partial charge in [0.15, 0.2) is 34.5 Å². The maximum atomic E-state index is 12.8. The molecule has 9 heteroatoms. The Balaban J connectivity index is 1.45. The lowest BCUT2D eigenvalue weighted by molar-refractivity contribution is 0.0933. The smallest absolute Gasteiger partial charge is 0.273 e. The fourth-order valence-corrected chi connectivity index (χ4v) is 3.65. The third kappa shape index (κ3) is 4.88. The minimum atomic E-state index is -0.324. The van der Waals surface area contributed by atoms with Gasteiger partial charge >= 0.3 is 0 Å². The molecule has 1 N–H and O–H groups in total. The predicted octanol–water partition coefficient (Wildman–Crippen LogP) is 3.16. The lowest BCUT2D eigenvalue weighted by Gasteiger charge is -2.25. The van der Waals surface area contributed by atoms with Crippen LogP contribution in [0.2, 0.25) is 0 Å². The van der Waals surface area contributed by atoms with Crippen molar-refractivity contribution in [3.63, 3.8) is 0 Å². The van der Waals surface area contributed by atoms with Gasteiger partial charge in [0, 0.05) is 18.2 Å². The number of fused-ring (bicyclic) bond motifs is 1. The zero-order chi connectivity index (χ0) is 23.4. The van der Waals surface area contributed by atoms with Crippen LogP contribution in [-0.2, 0) is 0 Å². The molecule has 1 aromatic heterocycles. The number of carbonyl (C=O) groups is 1. The second kappa shape index (κ2) is 9.83. The summed E-state index contributed by atoms with van der Waals surface area (Å²) in [6.07, 6.45) is 0. The van der Waals surface area contributed by atoms with E-state index in [2.05, 4.69) is 10.5 Å². The van der Waals surface area contributed by atoms with E-state index in [9.17, 15) is 4.79 Å². The van der Waals surface area contributed by atoms with Crippen molar-refractivity contribution in [3.05, 3.63) is 53.7 Å². The molecule has 2 heterocycles. The highest BCUT2D eigenvalue weighted by Crippen LogP contribution is 2.35. The molecule has 0 fully saturated rings. The van der Waals surface area contributed by atoms with Crippen molar-refractivity contribution in [1.29, 1.82) is 0 Å². The maximum Gasteiger partial charge on any atom is 0.273 e. The van der Waals surface area contributed by atoms with Crippen LogP contribution >= 0.6 is 0 Å². The minimum absolute atomic E-state index is 0.0853. The fourth-order valence-electron chi connectivity index (χ4n) is 3.65. The van der Waals surface area contributed by atoms with E-state index in [1.807, 2.05) is 55.4 Å². The average Bonchev–Trinajstić information content (AvgIpc) is 3.34. The summed E-state index contributed by atoms with van der Waals surface area (Å²) in [5, 5.41) is 6.88. The summed E-state index contributed by atoms with van der Waals surface area (Å²) in [4.78, 5) is 14.8. The Bertz CT molecular complexity index is 1130. The van der Waals surface area contributed by atoms with Crippen molar-refractivity contribution in [2.45, 2.75) is 6.04 Å². The van der Waals surface area contributed by atoms with E-state index in [-0.39, 0.29) is 17.6 Å². The number of carbonyl (C=O) groups excluding carboxylic acids is 1. The first-order valence-electron chi connectivity index (χ1n) is 10.5. The number of methoxy groups -OCH3 is 2. The quantitative estimate of drug-likeness (QED) is 0.556. The molecule has 174 valence electrons. The summed E-state index contributed by atoms with van der Waals surface area (Å²) in [5.74, 6) is 2.76. The molecular weight excluding hydrogens is 426 g/mol. The minimum Gasteiger partial charge on any atom is -0.493 e. The van der Waals surface area contributed by atoms with Gasteiger partial charge < -0.3 is 33.7 Å². The maximum absolute atomic E-state index is 12.8. The molecule has 0 saturated carbocycles. The number of benzene rings is 2. The summed E-state index contributed by atoms with van der Waals surface area (Å²) >= 11 is 0. The largest absolute Gasteiger partial charge is 0.493 e. The summed E-state index contributed by atoms with van der Waals surface area (Å²) in [6, 6.07) is 12.7. The zero-order valence-electron chi connectivity index (χ0n) is 19.1. The van der Waals surface area contributed by atoms with Crippen LogP contribution in [0.15, 0.2) is 47.0 Å². The summed E-state index contributed by atoms with van der Waals surface area (Å²) in [7, 11) is 7.09. The molecule has 1 aliphatic rings. The Morgan fingerprint density at radius 2 is 1.79 bits per heavy atom. The van der Waals surface area contributed by atoms with Gasteiger partial charge in [0.25, 0.3) is 5.91 Å². The third-order valence-electron chi connectivity index (χ3n) is 5.44. The van der Waals surface area contributed by atoms with Crippen LogP contribution in [0, 0.1) is 0 Å². The van der Waals surface area contributed by atoms with Crippen LogP contribution in [0.25, 0.3) is 11.3 Å². The van der Waals surface area contributed by atoms with Gasteiger partial charge in [-0.2, -0.15) is 0 Å². The molecule has 1 aliphatic heterocycles. The van der Waals surface area contributed by atoms with Gasteiger partial charge in [-0.05, 0) is 50.0 Å². The van der Waals surface area contributed by atoms with Crippen LogP contribution in [0.5, 0.6) is 23.0 Å². The Kier molecular flexibility index (Phi) is 6.69. The number of hydrogen-bond acceptors (Lipinski definition) is 8. The molecule has 1 atom stereocenters. The SMILES string of the molecule is COc1ccc([C@@H](CNC(=O)c2cc(-c3ccc4c(c3)OCCO4)on2)N(C)C)cc1OC. The Hall–Kier alpha value is -3.72. The number of rotatable bonds is 8. The molecule has 2 aromatic carbocycles. The van der Waals surface area contributed by atoms with Crippen molar-refractivity contribution in [1.82, 2.24) is 15.4 Å². The van der Waals surface area contributed by atoms with Gasteiger partial charge in [0.2, 0.25) is 0 Å². The molecule has 0 saturated heterocycles. The van der Waals surface area contributed by atoms with E-state index in [0.717, 1.165) is 11.1 Å². The Morgan fingerprint density at radius 3 is 2.52 bits per heavy atom. The first kappa shape index (κ1) is 22.5. The molecule has 1 amide bonds. The van der Waals surface area contributed by atoms with E-state index in [0.29, 0.717) is 48.5 Å². The predicted molar refractivity (Wildman–Crippen MR) is 121 cm³/mol. The van der Waals surface area contributed by atoms with Crippen LogP contribution in [0.1, 0.15) is 22.1 Å². The monoisotopic (exact) mass is 453 g/mol. The lowest BCUT2D eigenvalue weighted by Crippen LogP contribution is -2.34. The van der Waals surface area contributed by atoms with Crippen molar-refractivity contribution >= 4 is 5.91 Å². The highest BCUT2D eigenvalue weighted by Gasteiger charge is 2.21. The van der Waals surface area contributed by atoms with Crippen molar-refractivity contribution in [3.8, 4) is 34.3 Å². The van der Waals surface area contributed by atoms with Crippen LogP contribution in [0.3, 0.4) is 0 Å².